The summed E-state index contributed by atoms with van der Waals surface area (Å²) in [6, 6.07) is 13.4. The van der Waals surface area contributed by atoms with E-state index in [0.717, 1.165) is 33.7 Å². The largest absolute Gasteiger partial charge is 0.492 e. The van der Waals surface area contributed by atoms with Crippen molar-refractivity contribution in [2.45, 2.75) is 25.3 Å². The average molecular weight is 410 g/mol. The van der Waals surface area contributed by atoms with E-state index in [1.807, 2.05) is 43.3 Å². The standard InChI is InChI=1S/C22H22N2O4S/c1-3-14-9-15-10-19-20(28-13-27-19)11-17(15)24-22(14)29-12-21(25)23-16-7-5-6-8-18(16)26-4-2/h5-11H,3-4,12-13H2,1-2H3,(H,23,25). The van der Waals surface area contributed by atoms with Gasteiger partial charge in [-0.2, -0.15) is 0 Å². The first-order valence-corrected chi connectivity index (χ1v) is 10.5. The van der Waals surface area contributed by atoms with E-state index in [0.29, 0.717) is 23.8 Å². The highest BCUT2D eigenvalue weighted by atomic mass is 32.2. The molecular weight excluding hydrogens is 388 g/mol. The van der Waals surface area contributed by atoms with E-state index < -0.39 is 0 Å². The zero-order valence-electron chi connectivity index (χ0n) is 16.4. The molecule has 4 rings (SSSR count). The summed E-state index contributed by atoms with van der Waals surface area (Å²) in [7, 11) is 0. The van der Waals surface area contributed by atoms with Crippen molar-refractivity contribution in [2.75, 3.05) is 24.5 Å². The van der Waals surface area contributed by atoms with Crippen molar-refractivity contribution < 1.29 is 19.0 Å². The molecule has 2 heterocycles. The summed E-state index contributed by atoms with van der Waals surface area (Å²) < 4.78 is 16.5. The van der Waals surface area contributed by atoms with Crippen LogP contribution in [0.25, 0.3) is 10.9 Å². The number of amides is 1. The number of thioether (sulfide) groups is 1. The summed E-state index contributed by atoms with van der Waals surface area (Å²) in [5.41, 5.74) is 2.61. The molecule has 1 aliphatic rings. The van der Waals surface area contributed by atoms with Gasteiger partial charge in [-0.25, -0.2) is 4.98 Å². The predicted molar refractivity (Wildman–Crippen MR) is 114 cm³/mol. The molecule has 1 amide bonds. The maximum absolute atomic E-state index is 12.5. The second kappa shape index (κ2) is 8.61. The first kappa shape index (κ1) is 19.4. The molecule has 0 aliphatic carbocycles. The number of anilines is 1. The van der Waals surface area contributed by atoms with E-state index in [2.05, 4.69) is 18.3 Å². The first-order chi connectivity index (χ1) is 14.2. The quantitative estimate of drug-likeness (QED) is 0.572. The fourth-order valence-corrected chi connectivity index (χ4v) is 4.03. The molecule has 3 aromatic rings. The molecule has 0 fully saturated rings. The van der Waals surface area contributed by atoms with Gasteiger partial charge in [0.05, 0.1) is 23.6 Å². The van der Waals surface area contributed by atoms with Crippen LogP contribution in [0.1, 0.15) is 19.4 Å². The number of ether oxygens (including phenoxy) is 3. The van der Waals surface area contributed by atoms with Crippen molar-refractivity contribution in [1.82, 2.24) is 4.98 Å². The Bertz CT molecular complexity index is 1050. The van der Waals surface area contributed by atoms with Crippen LogP contribution in [0.4, 0.5) is 5.69 Å². The van der Waals surface area contributed by atoms with Crippen LogP contribution in [0.15, 0.2) is 47.5 Å². The molecule has 2 aromatic carbocycles. The van der Waals surface area contributed by atoms with Crippen LogP contribution in [0, 0.1) is 0 Å². The molecule has 1 aliphatic heterocycles. The number of rotatable bonds is 7. The minimum absolute atomic E-state index is 0.100. The molecule has 0 radical (unpaired) electrons. The topological polar surface area (TPSA) is 69.7 Å². The van der Waals surface area contributed by atoms with Gasteiger partial charge in [-0.3, -0.25) is 4.79 Å². The number of carbonyl (C=O) groups is 1. The Kier molecular flexibility index (Phi) is 5.76. The molecule has 0 unspecified atom stereocenters. The Hall–Kier alpha value is -2.93. The van der Waals surface area contributed by atoms with Crippen LogP contribution in [-0.2, 0) is 11.2 Å². The number of aromatic nitrogens is 1. The van der Waals surface area contributed by atoms with Crippen molar-refractivity contribution >= 4 is 34.3 Å². The van der Waals surface area contributed by atoms with E-state index in [-0.39, 0.29) is 18.5 Å². The summed E-state index contributed by atoms with van der Waals surface area (Å²) in [5, 5.41) is 4.78. The van der Waals surface area contributed by atoms with Crippen LogP contribution < -0.4 is 19.5 Å². The summed E-state index contributed by atoms with van der Waals surface area (Å²) in [4.78, 5) is 17.3. The SMILES string of the molecule is CCOc1ccccc1NC(=O)CSc1nc2cc3c(cc2cc1CC)OCO3. The van der Waals surface area contributed by atoms with Gasteiger partial charge in [0, 0.05) is 11.5 Å². The number of carbonyl (C=O) groups excluding carboxylic acids is 1. The van der Waals surface area contributed by atoms with E-state index in [1.54, 1.807) is 0 Å². The fourth-order valence-electron chi connectivity index (χ4n) is 3.14. The third-order valence-corrected chi connectivity index (χ3v) is 5.56. The van der Waals surface area contributed by atoms with Crippen LogP contribution >= 0.6 is 11.8 Å². The fraction of sp³-hybridized carbons (Fsp3) is 0.273. The lowest BCUT2D eigenvalue weighted by atomic mass is 10.1. The number of benzene rings is 2. The van der Waals surface area contributed by atoms with Gasteiger partial charge in [-0.1, -0.05) is 30.8 Å². The minimum Gasteiger partial charge on any atom is -0.492 e. The summed E-state index contributed by atoms with van der Waals surface area (Å²) in [6.07, 6.45) is 0.828. The van der Waals surface area contributed by atoms with Gasteiger partial charge in [0.25, 0.3) is 0 Å². The van der Waals surface area contributed by atoms with Crippen LogP contribution in [0.3, 0.4) is 0 Å². The number of nitrogens with one attached hydrogen (secondary N) is 1. The van der Waals surface area contributed by atoms with Gasteiger partial charge in [-0.05, 0) is 43.2 Å². The number of hydrogen-bond acceptors (Lipinski definition) is 6. The molecule has 0 saturated carbocycles. The van der Waals surface area contributed by atoms with E-state index in [4.69, 9.17) is 19.2 Å². The molecule has 1 N–H and O–H groups in total. The molecule has 0 saturated heterocycles. The molecule has 0 atom stereocenters. The van der Waals surface area contributed by atoms with Gasteiger partial charge in [0.15, 0.2) is 11.5 Å². The van der Waals surface area contributed by atoms with Crippen molar-refractivity contribution in [2.24, 2.45) is 0 Å². The zero-order chi connectivity index (χ0) is 20.2. The van der Waals surface area contributed by atoms with E-state index >= 15 is 0 Å². The zero-order valence-corrected chi connectivity index (χ0v) is 17.2. The van der Waals surface area contributed by atoms with Crippen molar-refractivity contribution in [3.63, 3.8) is 0 Å². The molecule has 1 aromatic heterocycles. The Balaban J connectivity index is 1.50. The Morgan fingerprint density at radius 3 is 2.76 bits per heavy atom. The maximum Gasteiger partial charge on any atom is 0.234 e. The smallest absolute Gasteiger partial charge is 0.234 e. The van der Waals surface area contributed by atoms with Crippen LogP contribution in [-0.4, -0.2) is 30.0 Å². The van der Waals surface area contributed by atoms with Gasteiger partial charge in [0.1, 0.15) is 10.8 Å². The Labute approximate surface area is 173 Å². The normalized spacial score (nSPS) is 12.2. The summed E-state index contributed by atoms with van der Waals surface area (Å²) in [6.45, 7) is 4.77. The lowest BCUT2D eigenvalue weighted by molar-refractivity contribution is -0.113. The lowest BCUT2D eigenvalue weighted by Crippen LogP contribution is -2.15. The maximum atomic E-state index is 12.5. The third-order valence-electron chi connectivity index (χ3n) is 4.53. The third kappa shape index (κ3) is 4.24. The predicted octanol–water partition coefficient (Wildman–Crippen LogP) is 4.66. The number of aryl methyl sites for hydroxylation is 1. The highest BCUT2D eigenvalue weighted by Crippen LogP contribution is 2.37. The Morgan fingerprint density at radius 2 is 1.97 bits per heavy atom. The second-order valence-electron chi connectivity index (χ2n) is 6.47. The minimum atomic E-state index is -0.100. The highest BCUT2D eigenvalue weighted by molar-refractivity contribution is 8.00. The monoisotopic (exact) mass is 410 g/mol. The van der Waals surface area contributed by atoms with Crippen LogP contribution in [0.5, 0.6) is 17.2 Å². The van der Waals surface area contributed by atoms with Gasteiger partial charge in [0.2, 0.25) is 12.7 Å². The van der Waals surface area contributed by atoms with E-state index in [9.17, 15) is 4.79 Å². The molecular formula is C22H22N2O4S. The highest BCUT2D eigenvalue weighted by Gasteiger charge is 2.17. The number of hydrogen-bond donors (Lipinski definition) is 1. The number of pyridine rings is 1. The number of nitrogens with zero attached hydrogens (tertiary/aromatic N) is 1. The number of para-hydroxylation sites is 2. The Morgan fingerprint density at radius 1 is 1.17 bits per heavy atom. The average Bonchev–Trinajstić information content (AvgIpc) is 3.18. The summed E-state index contributed by atoms with van der Waals surface area (Å²) >= 11 is 1.43. The van der Waals surface area contributed by atoms with Gasteiger partial charge < -0.3 is 19.5 Å². The molecule has 29 heavy (non-hydrogen) atoms. The van der Waals surface area contributed by atoms with Gasteiger partial charge >= 0.3 is 0 Å². The number of fused-ring (bicyclic) bond motifs is 2. The van der Waals surface area contributed by atoms with Crippen molar-refractivity contribution in [1.29, 1.82) is 0 Å². The van der Waals surface area contributed by atoms with Crippen LogP contribution in [0.2, 0.25) is 0 Å². The van der Waals surface area contributed by atoms with Crippen molar-refractivity contribution in [3.8, 4) is 17.2 Å². The molecule has 6 nitrogen and oxygen atoms in total. The molecule has 0 spiro atoms. The molecule has 0 bridgehead atoms. The molecule has 7 heteroatoms. The first-order valence-electron chi connectivity index (χ1n) is 9.55. The molecule has 150 valence electrons. The second-order valence-corrected chi connectivity index (χ2v) is 7.43. The van der Waals surface area contributed by atoms with Gasteiger partial charge in [-0.15, -0.1) is 0 Å². The summed E-state index contributed by atoms with van der Waals surface area (Å²) in [5.74, 6) is 2.28. The van der Waals surface area contributed by atoms with E-state index in [1.165, 1.54) is 11.8 Å². The van der Waals surface area contributed by atoms with Crippen molar-refractivity contribution in [3.05, 3.63) is 48.0 Å². The lowest BCUT2D eigenvalue weighted by Gasteiger charge is -2.12.